The summed E-state index contributed by atoms with van der Waals surface area (Å²) in [5, 5.41) is 10.9. The quantitative estimate of drug-likeness (QED) is 0.381. The molecule has 25 heavy (non-hydrogen) atoms. The molecule has 0 saturated heterocycles. The van der Waals surface area contributed by atoms with Gasteiger partial charge in [0.2, 0.25) is 0 Å². The van der Waals surface area contributed by atoms with Crippen molar-refractivity contribution in [3.05, 3.63) is 35.9 Å². The second kappa shape index (κ2) is 14.3. The van der Waals surface area contributed by atoms with Gasteiger partial charge in [0.1, 0.15) is 0 Å². The highest BCUT2D eigenvalue weighted by molar-refractivity contribution is 5.18. The Labute approximate surface area is 156 Å². The topological polar surface area (TPSA) is 23.5 Å². The zero-order chi connectivity index (χ0) is 18.3. The van der Waals surface area contributed by atoms with Gasteiger partial charge in [-0.1, -0.05) is 102 Å². The molecule has 2 unspecified atom stereocenters. The first-order valence-electron chi connectivity index (χ1n) is 10.7. The van der Waals surface area contributed by atoms with Crippen LogP contribution in [0.2, 0.25) is 0 Å². The Hall–Kier alpha value is -0.860. The standard InChI is InChI=1S/C23H41NO/c1-4-7-8-9-10-11-12-14-19-22(20-24(5-2)6-3)23(25)21-17-15-13-16-18-21/h13,15-18,22-23,25H,4-12,14,19-20H2,1-3H3. The molecule has 2 heteroatoms. The van der Waals surface area contributed by atoms with Crippen molar-refractivity contribution >= 4 is 0 Å². The van der Waals surface area contributed by atoms with E-state index in [0.717, 1.165) is 31.6 Å². The van der Waals surface area contributed by atoms with E-state index in [2.05, 4.69) is 37.8 Å². The van der Waals surface area contributed by atoms with Gasteiger partial charge in [-0.3, -0.25) is 0 Å². The molecule has 1 rings (SSSR count). The van der Waals surface area contributed by atoms with Crippen molar-refractivity contribution in [3.8, 4) is 0 Å². The number of benzene rings is 1. The zero-order valence-corrected chi connectivity index (χ0v) is 16.9. The van der Waals surface area contributed by atoms with Crippen molar-refractivity contribution in [3.63, 3.8) is 0 Å². The van der Waals surface area contributed by atoms with Crippen molar-refractivity contribution in [1.29, 1.82) is 0 Å². The van der Waals surface area contributed by atoms with Crippen LogP contribution in [0, 0.1) is 5.92 Å². The molecule has 2 nitrogen and oxygen atoms in total. The van der Waals surface area contributed by atoms with Crippen LogP contribution in [-0.4, -0.2) is 29.6 Å². The monoisotopic (exact) mass is 347 g/mol. The fourth-order valence-electron chi connectivity index (χ4n) is 3.63. The van der Waals surface area contributed by atoms with Gasteiger partial charge in [-0.05, 0) is 25.1 Å². The van der Waals surface area contributed by atoms with E-state index >= 15 is 0 Å². The largest absolute Gasteiger partial charge is 0.388 e. The number of nitrogens with zero attached hydrogens (tertiary/aromatic N) is 1. The van der Waals surface area contributed by atoms with Crippen LogP contribution in [0.25, 0.3) is 0 Å². The average molecular weight is 348 g/mol. The Morgan fingerprint density at radius 1 is 0.800 bits per heavy atom. The smallest absolute Gasteiger partial charge is 0.0830 e. The van der Waals surface area contributed by atoms with E-state index in [1.165, 1.54) is 51.4 Å². The molecule has 144 valence electrons. The Kier molecular flexibility index (Phi) is 12.7. The highest BCUT2D eigenvalue weighted by Crippen LogP contribution is 2.27. The van der Waals surface area contributed by atoms with Crippen molar-refractivity contribution in [2.45, 2.75) is 84.7 Å². The lowest BCUT2D eigenvalue weighted by Gasteiger charge is -2.29. The SMILES string of the molecule is CCCCCCCCCCC(CN(CC)CC)C(O)c1ccccc1. The van der Waals surface area contributed by atoms with Crippen molar-refractivity contribution in [2.75, 3.05) is 19.6 Å². The molecule has 1 aromatic rings. The predicted octanol–water partition coefficient (Wildman–Crippen LogP) is 6.21. The molecule has 0 aliphatic rings. The lowest BCUT2D eigenvalue weighted by atomic mass is 9.90. The molecule has 0 aromatic heterocycles. The minimum atomic E-state index is -0.341. The molecule has 0 saturated carbocycles. The van der Waals surface area contributed by atoms with Crippen LogP contribution in [0.15, 0.2) is 30.3 Å². The first-order chi connectivity index (χ1) is 12.2. The zero-order valence-electron chi connectivity index (χ0n) is 16.9. The van der Waals surface area contributed by atoms with Crippen LogP contribution < -0.4 is 0 Å². The van der Waals surface area contributed by atoms with E-state index < -0.39 is 0 Å². The van der Waals surface area contributed by atoms with Gasteiger partial charge in [0.05, 0.1) is 6.10 Å². The number of hydrogen-bond acceptors (Lipinski definition) is 2. The molecule has 0 radical (unpaired) electrons. The van der Waals surface area contributed by atoms with Gasteiger partial charge in [0, 0.05) is 12.5 Å². The molecule has 0 spiro atoms. The second-order valence-corrected chi connectivity index (χ2v) is 7.36. The van der Waals surface area contributed by atoms with E-state index in [9.17, 15) is 5.11 Å². The van der Waals surface area contributed by atoms with E-state index in [4.69, 9.17) is 0 Å². The Morgan fingerprint density at radius 2 is 1.36 bits per heavy atom. The van der Waals surface area contributed by atoms with Gasteiger partial charge < -0.3 is 10.0 Å². The van der Waals surface area contributed by atoms with Gasteiger partial charge >= 0.3 is 0 Å². The van der Waals surface area contributed by atoms with Gasteiger partial charge in [-0.15, -0.1) is 0 Å². The van der Waals surface area contributed by atoms with Crippen LogP contribution >= 0.6 is 0 Å². The molecule has 0 bridgehead atoms. The van der Waals surface area contributed by atoms with Crippen LogP contribution in [0.1, 0.15) is 90.2 Å². The lowest BCUT2D eigenvalue weighted by molar-refractivity contribution is 0.0746. The molecule has 0 heterocycles. The predicted molar refractivity (Wildman–Crippen MR) is 110 cm³/mol. The fraction of sp³-hybridized carbons (Fsp3) is 0.739. The summed E-state index contributed by atoms with van der Waals surface area (Å²) >= 11 is 0. The molecule has 0 amide bonds. The molecule has 0 fully saturated rings. The van der Waals surface area contributed by atoms with Gasteiger partial charge in [0.15, 0.2) is 0 Å². The van der Waals surface area contributed by atoms with Crippen molar-refractivity contribution in [2.24, 2.45) is 5.92 Å². The molecule has 1 aromatic carbocycles. The highest BCUT2D eigenvalue weighted by atomic mass is 16.3. The summed E-state index contributed by atoms with van der Waals surface area (Å²) in [4.78, 5) is 2.45. The van der Waals surface area contributed by atoms with Crippen LogP contribution in [-0.2, 0) is 0 Å². The minimum absolute atomic E-state index is 0.336. The third-order valence-corrected chi connectivity index (χ3v) is 5.40. The van der Waals surface area contributed by atoms with Gasteiger partial charge in [-0.25, -0.2) is 0 Å². The number of rotatable bonds is 15. The number of aliphatic hydroxyl groups is 1. The molecule has 0 aliphatic heterocycles. The van der Waals surface area contributed by atoms with Crippen LogP contribution in [0.5, 0.6) is 0 Å². The van der Waals surface area contributed by atoms with Gasteiger partial charge in [-0.2, -0.15) is 0 Å². The lowest BCUT2D eigenvalue weighted by Crippen LogP contribution is -2.32. The van der Waals surface area contributed by atoms with E-state index in [-0.39, 0.29) is 6.10 Å². The average Bonchev–Trinajstić information content (AvgIpc) is 2.66. The third-order valence-electron chi connectivity index (χ3n) is 5.40. The van der Waals surface area contributed by atoms with Crippen molar-refractivity contribution in [1.82, 2.24) is 4.90 Å². The fourth-order valence-corrected chi connectivity index (χ4v) is 3.63. The summed E-state index contributed by atoms with van der Waals surface area (Å²) in [6.07, 6.45) is 11.6. The maximum absolute atomic E-state index is 10.9. The highest BCUT2D eigenvalue weighted by Gasteiger charge is 2.22. The summed E-state index contributed by atoms with van der Waals surface area (Å²) < 4.78 is 0. The summed E-state index contributed by atoms with van der Waals surface area (Å²) in [6, 6.07) is 10.2. The Bertz CT molecular complexity index is 402. The molecule has 2 atom stereocenters. The summed E-state index contributed by atoms with van der Waals surface area (Å²) in [5.74, 6) is 0.336. The number of unbranched alkanes of at least 4 members (excludes halogenated alkanes) is 7. The summed E-state index contributed by atoms with van der Waals surface area (Å²) in [6.45, 7) is 9.82. The van der Waals surface area contributed by atoms with Crippen LogP contribution in [0.4, 0.5) is 0 Å². The maximum Gasteiger partial charge on any atom is 0.0830 e. The van der Waals surface area contributed by atoms with E-state index in [0.29, 0.717) is 5.92 Å². The second-order valence-electron chi connectivity index (χ2n) is 7.36. The summed E-state index contributed by atoms with van der Waals surface area (Å²) in [7, 11) is 0. The number of aliphatic hydroxyl groups excluding tert-OH is 1. The Balaban J connectivity index is 2.43. The molecule has 0 aliphatic carbocycles. The van der Waals surface area contributed by atoms with E-state index in [1.54, 1.807) is 0 Å². The normalized spacial score (nSPS) is 14.0. The molecule has 1 N–H and O–H groups in total. The number of hydrogen-bond donors (Lipinski definition) is 1. The maximum atomic E-state index is 10.9. The molecular formula is C23H41NO. The first-order valence-corrected chi connectivity index (χ1v) is 10.7. The van der Waals surface area contributed by atoms with Crippen LogP contribution in [0.3, 0.4) is 0 Å². The van der Waals surface area contributed by atoms with Gasteiger partial charge in [0.25, 0.3) is 0 Å². The Morgan fingerprint density at radius 3 is 1.92 bits per heavy atom. The summed E-state index contributed by atoms with van der Waals surface area (Å²) in [5.41, 5.74) is 1.07. The van der Waals surface area contributed by atoms with Crippen molar-refractivity contribution < 1.29 is 5.11 Å². The first kappa shape index (κ1) is 22.2. The molecular weight excluding hydrogens is 306 g/mol. The minimum Gasteiger partial charge on any atom is -0.388 e. The third kappa shape index (κ3) is 9.42. The van der Waals surface area contributed by atoms with E-state index in [1.807, 2.05) is 18.2 Å².